The third kappa shape index (κ3) is 5.97. The van der Waals surface area contributed by atoms with Gasteiger partial charge in [-0.1, -0.05) is 6.92 Å². The van der Waals surface area contributed by atoms with Gasteiger partial charge in [-0.25, -0.2) is 9.67 Å². The number of hydrogen-bond acceptors (Lipinski definition) is 4. The molecular weight excluding hydrogens is 236 g/mol. The number of aromatic nitrogens is 3. The number of aliphatic carboxylic acids is 1. The van der Waals surface area contributed by atoms with Crippen molar-refractivity contribution in [2.75, 3.05) is 6.54 Å². The van der Waals surface area contributed by atoms with Gasteiger partial charge < -0.3 is 10.4 Å². The number of rotatable bonds is 8. The second-order valence-corrected chi connectivity index (χ2v) is 4.27. The number of nitrogens with one attached hydrogen (secondary N) is 1. The number of carbonyl (C=O) groups is 2. The SMILES string of the molecule is CC(CCNC(=O)Cn1cncn1)CCC(=O)O. The van der Waals surface area contributed by atoms with E-state index in [1.54, 1.807) is 0 Å². The van der Waals surface area contributed by atoms with Crippen LogP contribution < -0.4 is 5.32 Å². The van der Waals surface area contributed by atoms with Crippen LogP contribution in [0, 0.1) is 5.92 Å². The molecule has 18 heavy (non-hydrogen) atoms. The lowest BCUT2D eigenvalue weighted by molar-refractivity contribution is -0.137. The molecule has 1 atom stereocenters. The highest BCUT2D eigenvalue weighted by molar-refractivity contribution is 5.75. The molecule has 0 aliphatic rings. The van der Waals surface area contributed by atoms with E-state index in [0.717, 1.165) is 6.42 Å². The molecule has 1 amide bonds. The summed E-state index contributed by atoms with van der Waals surface area (Å²) in [6.45, 7) is 2.68. The van der Waals surface area contributed by atoms with E-state index < -0.39 is 5.97 Å². The number of carboxylic acid groups (broad SMARTS) is 1. The van der Waals surface area contributed by atoms with Crippen LogP contribution in [0.25, 0.3) is 0 Å². The Balaban J connectivity index is 2.09. The zero-order valence-electron chi connectivity index (χ0n) is 10.4. The number of amides is 1. The van der Waals surface area contributed by atoms with E-state index in [4.69, 9.17) is 5.11 Å². The Bertz CT molecular complexity index is 378. The molecule has 100 valence electrons. The summed E-state index contributed by atoms with van der Waals surface area (Å²) in [4.78, 5) is 25.6. The summed E-state index contributed by atoms with van der Waals surface area (Å²) in [5.41, 5.74) is 0. The van der Waals surface area contributed by atoms with Crippen molar-refractivity contribution in [3.8, 4) is 0 Å². The van der Waals surface area contributed by atoms with E-state index >= 15 is 0 Å². The number of hydrogen-bond donors (Lipinski definition) is 2. The molecule has 7 heteroatoms. The summed E-state index contributed by atoms with van der Waals surface area (Å²) in [6.07, 6.45) is 4.44. The Labute approximate surface area is 105 Å². The molecule has 0 bridgehead atoms. The first-order valence-corrected chi connectivity index (χ1v) is 5.89. The molecule has 7 nitrogen and oxygen atoms in total. The molecule has 0 radical (unpaired) electrons. The first kappa shape index (κ1) is 14.1. The Hall–Kier alpha value is -1.92. The molecule has 1 aromatic rings. The fraction of sp³-hybridized carbons (Fsp3) is 0.636. The summed E-state index contributed by atoms with van der Waals surface area (Å²) in [5.74, 6) is -0.615. The Morgan fingerprint density at radius 3 is 2.83 bits per heavy atom. The normalized spacial score (nSPS) is 12.1. The maximum atomic E-state index is 11.5. The van der Waals surface area contributed by atoms with Gasteiger partial charge >= 0.3 is 5.97 Å². The van der Waals surface area contributed by atoms with Gasteiger partial charge in [0.2, 0.25) is 5.91 Å². The van der Waals surface area contributed by atoms with Crippen LogP contribution in [0.4, 0.5) is 0 Å². The monoisotopic (exact) mass is 254 g/mol. The lowest BCUT2D eigenvalue weighted by Crippen LogP contribution is -2.29. The maximum Gasteiger partial charge on any atom is 0.303 e. The Morgan fingerprint density at radius 2 is 2.22 bits per heavy atom. The molecule has 0 spiro atoms. The number of carboxylic acids is 1. The van der Waals surface area contributed by atoms with Crippen LogP contribution in [0.15, 0.2) is 12.7 Å². The van der Waals surface area contributed by atoms with Gasteiger partial charge in [0.05, 0.1) is 0 Å². The van der Waals surface area contributed by atoms with Crippen LogP contribution in [0.5, 0.6) is 0 Å². The van der Waals surface area contributed by atoms with Crippen LogP contribution in [0.1, 0.15) is 26.2 Å². The van der Waals surface area contributed by atoms with Crippen molar-refractivity contribution in [2.24, 2.45) is 5.92 Å². The van der Waals surface area contributed by atoms with E-state index in [2.05, 4.69) is 15.4 Å². The van der Waals surface area contributed by atoms with Crippen LogP contribution in [-0.4, -0.2) is 38.3 Å². The van der Waals surface area contributed by atoms with Gasteiger partial charge in [-0.3, -0.25) is 9.59 Å². The van der Waals surface area contributed by atoms with Crippen molar-refractivity contribution < 1.29 is 14.7 Å². The van der Waals surface area contributed by atoms with Crippen LogP contribution in [0.2, 0.25) is 0 Å². The molecule has 0 aliphatic heterocycles. The van der Waals surface area contributed by atoms with Crippen molar-refractivity contribution >= 4 is 11.9 Å². The molecule has 2 N–H and O–H groups in total. The quantitative estimate of drug-likeness (QED) is 0.694. The minimum atomic E-state index is -0.780. The fourth-order valence-corrected chi connectivity index (χ4v) is 1.49. The van der Waals surface area contributed by atoms with Gasteiger partial charge in [-0.15, -0.1) is 0 Å². The van der Waals surface area contributed by atoms with E-state index in [1.165, 1.54) is 17.3 Å². The Morgan fingerprint density at radius 1 is 1.44 bits per heavy atom. The molecule has 0 aliphatic carbocycles. The summed E-state index contributed by atoms with van der Waals surface area (Å²) < 4.78 is 1.45. The maximum absolute atomic E-state index is 11.5. The van der Waals surface area contributed by atoms with Gasteiger partial charge in [0.15, 0.2) is 0 Å². The minimum Gasteiger partial charge on any atom is -0.481 e. The van der Waals surface area contributed by atoms with E-state index in [1.807, 2.05) is 6.92 Å². The van der Waals surface area contributed by atoms with E-state index in [9.17, 15) is 9.59 Å². The molecule has 1 unspecified atom stereocenters. The number of carbonyl (C=O) groups excluding carboxylic acids is 1. The third-order valence-electron chi connectivity index (χ3n) is 2.58. The molecule has 0 saturated carbocycles. The first-order valence-electron chi connectivity index (χ1n) is 5.89. The smallest absolute Gasteiger partial charge is 0.303 e. The van der Waals surface area contributed by atoms with E-state index in [-0.39, 0.29) is 24.8 Å². The predicted octanol–water partition coefficient (Wildman–Crippen LogP) is 0.285. The van der Waals surface area contributed by atoms with Crippen molar-refractivity contribution in [1.29, 1.82) is 0 Å². The summed E-state index contributed by atoms with van der Waals surface area (Å²) >= 11 is 0. The topological polar surface area (TPSA) is 97.1 Å². The third-order valence-corrected chi connectivity index (χ3v) is 2.58. The van der Waals surface area contributed by atoms with E-state index in [0.29, 0.717) is 13.0 Å². The highest BCUT2D eigenvalue weighted by atomic mass is 16.4. The van der Waals surface area contributed by atoms with Crippen LogP contribution in [0.3, 0.4) is 0 Å². The molecule has 0 aromatic carbocycles. The summed E-state index contributed by atoms with van der Waals surface area (Å²) in [5, 5.41) is 15.1. The molecule has 0 fully saturated rings. The lowest BCUT2D eigenvalue weighted by atomic mass is 10.0. The highest BCUT2D eigenvalue weighted by Gasteiger charge is 2.07. The largest absolute Gasteiger partial charge is 0.481 e. The minimum absolute atomic E-state index is 0.120. The highest BCUT2D eigenvalue weighted by Crippen LogP contribution is 2.08. The zero-order chi connectivity index (χ0) is 13.4. The van der Waals surface area contributed by atoms with Crippen LogP contribution >= 0.6 is 0 Å². The molecule has 1 aromatic heterocycles. The van der Waals surface area contributed by atoms with Gasteiger partial charge in [0.25, 0.3) is 0 Å². The average Bonchev–Trinajstić information content (AvgIpc) is 2.79. The lowest BCUT2D eigenvalue weighted by Gasteiger charge is -2.10. The van der Waals surface area contributed by atoms with Gasteiger partial charge in [-0.2, -0.15) is 5.10 Å². The van der Waals surface area contributed by atoms with Crippen molar-refractivity contribution in [1.82, 2.24) is 20.1 Å². The Kier molecular flexibility index (Phi) is 5.83. The standard InChI is InChI=1S/C11H18N4O3/c1-9(2-3-11(17)18)4-5-13-10(16)6-15-8-12-7-14-15/h7-9H,2-6H2,1H3,(H,13,16)(H,17,18). The molecule has 0 saturated heterocycles. The van der Waals surface area contributed by atoms with Crippen LogP contribution in [-0.2, 0) is 16.1 Å². The molecular formula is C11H18N4O3. The van der Waals surface area contributed by atoms with Gasteiger partial charge in [0.1, 0.15) is 19.2 Å². The van der Waals surface area contributed by atoms with Gasteiger partial charge in [0, 0.05) is 13.0 Å². The molecule has 1 heterocycles. The predicted molar refractivity (Wildman–Crippen MR) is 63.7 cm³/mol. The second-order valence-electron chi connectivity index (χ2n) is 4.27. The molecule has 1 rings (SSSR count). The summed E-state index contributed by atoms with van der Waals surface area (Å²) in [6, 6.07) is 0. The second kappa shape index (κ2) is 7.41. The fourth-order valence-electron chi connectivity index (χ4n) is 1.49. The van der Waals surface area contributed by atoms with Crippen molar-refractivity contribution in [3.05, 3.63) is 12.7 Å². The zero-order valence-corrected chi connectivity index (χ0v) is 10.4. The van der Waals surface area contributed by atoms with Crippen molar-refractivity contribution in [2.45, 2.75) is 32.7 Å². The number of nitrogens with zero attached hydrogens (tertiary/aromatic N) is 3. The van der Waals surface area contributed by atoms with Crippen molar-refractivity contribution in [3.63, 3.8) is 0 Å². The average molecular weight is 254 g/mol. The first-order chi connectivity index (χ1) is 8.58. The summed E-state index contributed by atoms with van der Waals surface area (Å²) in [7, 11) is 0. The van der Waals surface area contributed by atoms with Gasteiger partial charge in [-0.05, 0) is 18.8 Å².